The van der Waals surface area contributed by atoms with Crippen molar-refractivity contribution < 1.29 is 4.39 Å². The van der Waals surface area contributed by atoms with Crippen molar-refractivity contribution in [2.24, 2.45) is 0 Å². The number of halogens is 3. The fourth-order valence-electron chi connectivity index (χ4n) is 1.23. The minimum absolute atomic E-state index is 0.139. The van der Waals surface area contributed by atoms with Crippen molar-refractivity contribution in [2.75, 3.05) is 11.1 Å². The second-order valence-corrected chi connectivity index (χ2v) is 3.97. The molecule has 2 aromatic rings. The van der Waals surface area contributed by atoms with Gasteiger partial charge in [0.15, 0.2) is 11.6 Å². The molecule has 0 aliphatic rings. The molecule has 0 aliphatic heterocycles. The molecular formula is C10H7Cl2FN4. The van der Waals surface area contributed by atoms with Crippen molar-refractivity contribution in [3.63, 3.8) is 0 Å². The van der Waals surface area contributed by atoms with Crippen LogP contribution in [0.5, 0.6) is 0 Å². The van der Waals surface area contributed by atoms with Crippen LogP contribution in [0.1, 0.15) is 0 Å². The molecule has 0 unspecified atom stereocenters. The average molecular weight is 273 g/mol. The van der Waals surface area contributed by atoms with E-state index in [1.165, 1.54) is 12.4 Å². The zero-order valence-electron chi connectivity index (χ0n) is 8.42. The first-order valence-electron chi connectivity index (χ1n) is 4.56. The molecule has 3 N–H and O–H groups in total. The molecule has 2 rings (SSSR count). The van der Waals surface area contributed by atoms with Gasteiger partial charge in [0.05, 0.1) is 15.7 Å². The Morgan fingerprint density at radius 3 is 2.29 bits per heavy atom. The van der Waals surface area contributed by atoms with Crippen molar-refractivity contribution in [3.8, 4) is 0 Å². The molecule has 0 amide bonds. The summed E-state index contributed by atoms with van der Waals surface area (Å²) in [6.45, 7) is 0. The summed E-state index contributed by atoms with van der Waals surface area (Å²) in [7, 11) is 0. The summed E-state index contributed by atoms with van der Waals surface area (Å²) in [6, 6.07) is 2.28. The van der Waals surface area contributed by atoms with Crippen molar-refractivity contribution in [1.29, 1.82) is 0 Å². The van der Waals surface area contributed by atoms with Gasteiger partial charge in [-0.15, -0.1) is 0 Å². The van der Waals surface area contributed by atoms with Crippen LogP contribution < -0.4 is 11.1 Å². The fraction of sp³-hybridized carbons (Fsp3) is 0. The van der Waals surface area contributed by atoms with E-state index in [-0.39, 0.29) is 15.9 Å². The molecule has 0 atom stereocenters. The highest BCUT2D eigenvalue weighted by Crippen LogP contribution is 2.34. The van der Waals surface area contributed by atoms with E-state index in [0.29, 0.717) is 11.5 Å². The largest absolute Gasteiger partial charge is 0.381 e. The standard InChI is InChI=1S/C10H7Cl2FN4/c11-6-3-5(13)4-7(12)8(6)17-10-9(14)15-1-2-16-10/h1-4H,(H2,14,15)(H,16,17). The van der Waals surface area contributed by atoms with E-state index in [0.717, 1.165) is 12.1 Å². The first kappa shape index (κ1) is 11.9. The smallest absolute Gasteiger partial charge is 0.173 e. The first-order chi connectivity index (χ1) is 8.08. The number of nitrogen functional groups attached to an aromatic ring is 1. The highest BCUT2D eigenvalue weighted by atomic mass is 35.5. The van der Waals surface area contributed by atoms with E-state index in [1.54, 1.807) is 0 Å². The number of benzene rings is 1. The molecule has 1 aromatic carbocycles. The van der Waals surface area contributed by atoms with E-state index in [4.69, 9.17) is 28.9 Å². The van der Waals surface area contributed by atoms with E-state index in [9.17, 15) is 4.39 Å². The number of hydrogen-bond donors (Lipinski definition) is 2. The van der Waals surface area contributed by atoms with Gasteiger partial charge in [0.1, 0.15) is 5.82 Å². The molecule has 0 aliphatic carbocycles. The van der Waals surface area contributed by atoms with Crippen LogP contribution in [0.2, 0.25) is 10.0 Å². The van der Waals surface area contributed by atoms with Crippen molar-refractivity contribution in [1.82, 2.24) is 9.97 Å². The number of nitrogens with zero attached hydrogens (tertiary/aromatic N) is 2. The van der Waals surface area contributed by atoms with Gasteiger partial charge in [-0.05, 0) is 12.1 Å². The van der Waals surface area contributed by atoms with Gasteiger partial charge in [-0.1, -0.05) is 23.2 Å². The van der Waals surface area contributed by atoms with Gasteiger partial charge in [-0.3, -0.25) is 0 Å². The van der Waals surface area contributed by atoms with Crippen LogP contribution in [0.4, 0.5) is 21.7 Å². The van der Waals surface area contributed by atoms with E-state index in [2.05, 4.69) is 15.3 Å². The van der Waals surface area contributed by atoms with Gasteiger partial charge in [0.25, 0.3) is 0 Å². The van der Waals surface area contributed by atoms with Crippen LogP contribution in [-0.4, -0.2) is 9.97 Å². The molecule has 7 heteroatoms. The van der Waals surface area contributed by atoms with Gasteiger partial charge in [0, 0.05) is 12.4 Å². The number of nitrogens with one attached hydrogen (secondary N) is 1. The molecule has 1 aromatic heterocycles. The molecule has 0 bridgehead atoms. The van der Waals surface area contributed by atoms with Gasteiger partial charge in [-0.25, -0.2) is 14.4 Å². The molecule has 4 nitrogen and oxygen atoms in total. The van der Waals surface area contributed by atoms with Crippen LogP contribution in [0.15, 0.2) is 24.5 Å². The highest BCUT2D eigenvalue weighted by molar-refractivity contribution is 6.39. The Morgan fingerprint density at radius 1 is 1.12 bits per heavy atom. The normalized spacial score (nSPS) is 10.3. The van der Waals surface area contributed by atoms with Crippen molar-refractivity contribution in [2.45, 2.75) is 0 Å². The summed E-state index contributed by atoms with van der Waals surface area (Å²) in [5, 5.41) is 3.08. The summed E-state index contributed by atoms with van der Waals surface area (Å²) < 4.78 is 13.0. The molecule has 0 saturated carbocycles. The summed E-state index contributed by atoms with van der Waals surface area (Å²) >= 11 is 11.7. The van der Waals surface area contributed by atoms with E-state index in [1.807, 2.05) is 0 Å². The molecule has 0 radical (unpaired) electrons. The third-order valence-corrected chi connectivity index (χ3v) is 2.57. The van der Waals surface area contributed by atoms with Gasteiger partial charge >= 0.3 is 0 Å². The lowest BCUT2D eigenvalue weighted by atomic mass is 10.3. The lowest BCUT2D eigenvalue weighted by Crippen LogP contribution is -2.01. The minimum atomic E-state index is -0.516. The maximum atomic E-state index is 13.0. The van der Waals surface area contributed by atoms with Gasteiger partial charge in [0.2, 0.25) is 0 Å². The van der Waals surface area contributed by atoms with E-state index < -0.39 is 5.82 Å². The third kappa shape index (κ3) is 2.57. The second kappa shape index (κ2) is 4.73. The number of aromatic nitrogens is 2. The predicted molar refractivity (Wildman–Crippen MR) is 66.1 cm³/mol. The monoisotopic (exact) mass is 272 g/mol. The molecule has 1 heterocycles. The van der Waals surface area contributed by atoms with Crippen LogP contribution >= 0.6 is 23.2 Å². The van der Waals surface area contributed by atoms with Crippen molar-refractivity contribution in [3.05, 3.63) is 40.4 Å². The zero-order chi connectivity index (χ0) is 12.4. The SMILES string of the molecule is Nc1nccnc1Nc1c(Cl)cc(F)cc1Cl. The summed E-state index contributed by atoms with van der Waals surface area (Å²) in [5.74, 6) is -0.00969. The lowest BCUT2D eigenvalue weighted by molar-refractivity contribution is 0.628. The average Bonchev–Trinajstić information content (AvgIpc) is 2.25. The maximum Gasteiger partial charge on any atom is 0.173 e. The number of rotatable bonds is 2. The second-order valence-electron chi connectivity index (χ2n) is 3.16. The fourth-order valence-corrected chi connectivity index (χ4v) is 1.78. The Balaban J connectivity index is 2.40. The Kier molecular flexibility index (Phi) is 3.31. The Labute approximate surface area is 107 Å². The maximum absolute atomic E-state index is 13.0. The lowest BCUT2D eigenvalue weighted by Gasteiger charge is -2.10. The van der Waals surface area contributed by atoms with Crippen LogP contribution in [0.25, 0.3) is 0 Å². The zero-order valence-corrected chi connectivity index (χ0v) is 9.93. The Morgan fingerprint density at radius 2 is 1.71 bits per heavy atom. The molecule has 0 saturated heterocycles. The quantitative estimate of drug-likeness (QED) is 0.881. The topological polar surface area (TPSA) is 63.8 Å². The number of anilines is 3. The molecule has 88 valence electrons. The van der Waals surface area contributed by atoms with Crippen LogP contribution in [0, 0.1) is 5.82 Å². The van der Waals surface area contributed by atoms with Gasteiger partial charge < -0.3 is 11.1 Å². The predicted octanol–water partition coefficient (Wildman–Crippen LogP) is 3.25. The highest BCUT2D eigenvalue weighted by Gasteiger charge is 2.10. The van der Waals surface area contributed by atoms with Crippen LogP contribution in [-0.2, 0) is 0 Å². The number of nitrogens with two attached hydrogens (primary N) is 1. The summed E-state index contributed by atoms with van der Waals surface area (Å²) in [5.41, 5.74) is 5.94. The van der Waals surface area contributed by atoms with Crippen molar-refractivity contribution >= 4 is 40.5 Å². The summed E-state index contributed by atoms with van der Waals surface area (Å²) in [4.78, 5) is 7.81. The van der Waals surface area contributed by atoms with Gasteiger partial charge in [-0.2, -0.15) is 0 Å². The number of hydrogen-bond acceptors (Lipinski definition) is 4. The molecule has 0 spiro atoms. The van der Waals surface area contributed by atoms with Crippen LogP contribution in [0.3, 0.4) is 0 Å². The Hall–Kier alpha value is -1.59. The molecule has 0 fully saturated rings. The minimum Gasteiger partial charge on any atom is -0.381 e. The molecular weight excluding hydrogens is 266 g/mol. The Bertz CT molecular complexity index is 539. The third-order valence-electron chi connectivity index (χ3n) is 1.98. The first-order valence-corrected chi connectivity index (χ1v) is 5.31. The molecule has 17 heavy (non-hydrogen) atoms. The van der Waals surface area contributed by atoms with E-state index >= 15 is 0 Å². The summed E-state index contributed by atoms with van der Waals surface area (Å²) in [6.07, 6.45) is 2.92.